The molecule has 1 aliphatic heterocycles. The minimum atomic E-state index is -2.96. The van der Waals surface area contributed by atoms with Gasteiger partial charge in [0.25, 0.3) is 0 Å². The van der Waals surface area contributed by atoms with Gasteiger partial charge in [-0.2, -0.15) is 0 Å². The Kier molecular flexibility index (Phi) is 4.64. The molecule has 8 heteroatoms. The van der Waals surface area contributed by atoms with Crippen molar-refractivity contribution in [1.82, 2.24) is 9.88 Å². The zero-order chi connectivity index (χ0) is 12.7. The van der Waals surface area contributed by atoms with Crippen LogP contribution in [0.25, 0.3) is 0 Å². The molecule has 5 nitrogen and oxygen atoms in total. The highest BCUT2D eigenvalue weighted by Crippen LogP contribution is 2.26. The van der Waals surface area contributed by atoms with Crippen LogP contribution >= 0.6 is 23.7 Å². The van der Waals surface area contributed by atoms with E-state index in [1.165, 1.54) is 11.3 Å². The summed E-state index contributed by atoms with van der Waals surface area (Å²) in [5.74, 6) is 0.230. The first kappa shape index (κ1) is 15.7. The third kappa shape index (κ3) is 3.14. The number of anilines is 1. The zero-order valence-corrected chi connectivity index (χ0v) is 12.9. The second-order valence-electron chi connectivity index (χ2n) is 4.95. The number of nitrogens with two attached hydrogens (primary N) is 1. The lowest BCUT2D eigenvalue weighted by molar-refractivity contribution is 0.243. The maximum atomic E-state index is 11.8. The number of thiazole rings is 1. The summed E-state index contributed by atoms with van der Waals surface area (Å²) in [6.07, 6.45) is 1.76. The van der Waals surface area contributed by atoms with Crippen molar-refractivity contribution >= 4 is 38.7 Å². The van der Waals surface area contributed by atoms with E-state index in [4.69, 9.17) is 5.73 Å². The van der Waals surface area contributed by atoms with Crippen molar-refractivity contribution < 1.29 is 8.42 Å². The molecule has 18 heavy (non-hydrogen) atoms. The maximum absolute atomic E-state index is 11.8. The number of halogens is 1. The van der Waals surface area contributed by atoms with Gasteiger partial charge in [-0.15, -0.1) is 23.7 Å². The lowest BCUT2D eigenvalue weighted by Gasteiger charge is -2.37. The van der Waals surface area contributed by atoms with Crippen LogP contribution in [0.15, 0.2) is 6.20 Å². The smallest absolute Gasteiger partial charge is 0.180 e. The van der Waals surface area contributed by atoms with Crippen molar-refractivity contribution in [3.8, 4) is 0 Å². The van der Waals surface area contributed by atoms with E-state index in [2.05, 4.69) is 9.88 Å². The molecule has 1 aromatic rings. The van der Waals surface area contributed by atoms with E-state index in [-0.39, 0.29) is 18.2 Å². The van der Waals surface area contributed by atoms with Gasteiger partial charge >= 0.3 is 0 Å². The van der Waals surface area contributed by atoms with Gasteiger partial charge in [-0.1, -0.05) is 0 Å². The van der Waals surface area contributed by atoms with E-state index in [0.717, 1.165) is 11.4 Å². The molecule has 0 saturated carbocycles. The predicted octanol–water partition coefficient (Wildman–Crippen LogP) is 1.16. The molecular weight excluding hydrogens is 294 g/mol. The highest BCUT2D eigenvalue weighted by molar-refractivity contribution is 7.92. The largest absolute Gasteiger partial charge is 0.375 e. The Morgan fingerprint density at radius 1 is 1.56 bits per heavy atom. The number of rotatable bonds is 2. The van der Waals surface area contributed by atoms with Crippen molar-refractivity contribution in [1.29, 1.82) is 0 Å². The fraction of sp³-hybridized carbons (Fsp3) is 0.700. The Balaban J connectivity index is 0.00000162. The molecule has 0 atom stereocenters. The highest BCUT2D eigenvalue weighted by Gasteiger charge is 2.39. The number of hydrogen-bond donors (Lipinski definition) is 1. The SMILES string of the molecule is CC1(C)CN(Cc2cnc(N)s2)CCS1(=O)=O.Cl. The molecule has 1 saturated heterocycles. The topological polar surface area (TPSA) is 76.3 Å². The number of aromatic nitrogens is 1. The van der Waals surface area contributed by atoms with E-state index in [1.807, 2.05) is 0 Å². The maximum Gasteiger partial charge on any atom is 0.180 e. The summed E-state index contributed by atoms with van der Waals surface area (Å²) in [4.78, 5) is 7.23. The molecule has 1 fully saturated rings. The normalized spacial score (nSPS) is 22.3. The van der Waals surface area contributed by atoms with Gasteiger partial charge in [0, 0.05) is 30.7 Å². The number of hydrogen-bond acceptors (Lipinski definition) is 6. The summed E-state index contributed by atoms with van der Waals surface area (Å²) in [5, 5.41) is 0.559. The van der Waals surface area contributed by atoms with E-state index in [9.17, 15) is 8.42 Å². The van der Waals surface area contributed by atoms with E-state index in [0.29, 0.717) is 18.2 Å². The summed E-state index contributed by atoms with van der Waals surface area (Å²) >= 11 is 1.46. The quantitative estimate of drug-likeness (QED) is 0.887. The van der Waals surface area contributed by atoms with Crippen LogP contribution in [0.3, 0.4) is 0 Å². The first-order valence-electron chi connectivity index (χ1n) is 5.45. The third-order valence-electron chi connectivity index (χ3n) is 3.07. The third-order valence-corrected chi connectivity index (χ3v) is 6.42. The zero-order valence-electron chi connectivity index (χ0n) is 10.4. The average molecular weight is 312 g/mol. The predicted molar refractivity (Wildman–Crippen MR) is 76.9 cm³/mol. The van der Waals surface area contributed by atoms with Gasteiger partial charge in [-0.25, -0.2) is 13.4 Å². The number of sulfone groups is 1. The summed E-state index contributed by atoms with van der Waals surface area (Å²) in [7, 11) is -2.96. The summed E-state index contributed by atoms with van der Waals surface area (Å²) < 4.78 is 23.0. The van der Waals surface area contributed by atoms with Crippen LogP contribution in [0.2, 0.25) is 0 Å². The minimum absolute atomic E-state index is 0. The Hall–Kier alpha value is -0.370. The van der Waals surface area contributed by atoms with Gasteiger partial charge in [0.05, 0.1) is 10.5 Å². The van der Waals surface area contributed by atoms with E-state index in [1.54, 1.807) is 20.0 Å². The molecule has 0 radical (unpaired) electrons. The van der Waals surface area contributed by atoms with Gasteiger partial charge in [0.2, 0.25) is 0 Å². The molecule has 1 aliphatic rings. The molecule has 0 aliphatic carbocycles. The van der Waals surface area contributed by atoms with Gasteiger partial charge in [-0.3, -0.25) is 4.90 Å². The lowest BCUT2D eigenvalue weighted by atomic mass is 10.2. The lowest BCUT2D eigenvalue weighted by Crippen LogP contribution is -2.52. The van der Waals surface area contributed by atoms with Crippen LogP contribution in [0.4, 0.5) is 5.13 Å². The Bertz CT molecular complexity index is 513. The van der Waals surface area contributed by atoms with Gasteiger partial charge < -0.3 is 5.73 Å². The van der Waals surface area contributed by atoms with Crippen LogP contribution in [0, 0.1) is 0 Å². The van der Waals surface area contributed by atoms with Gasteiger partial charge in [0.15, 0.2) is 15.0 Å². The van der Waals surface area contributed by atoms with Crippen LogP contribution in [-0.2, 0) is 16.4 Å². The Labute approximate surface area is 118 Å². The molecule has 104 valence electrons. The number of nitrogens with zero attached hydrogens (tertiary/aromatic N) is 2. The van der Waals surface area contributed by atoms with Crippen molar-refractivity contribution in [3.63, 3.8) is 0 Å². The Morgan fingerprint density at radius 3 is 2.72 bits per heavy atom. The van der Waals surface area contributed by atoms with E-state index < -0.39 is 14.6 Å². The summed E-state index contributed by atoms with van der Waals surface area (Å²) in [6.45, 7) is 5.45. The second kappa shape index (κ2) is 5.32. The molecule has 2 N–H and O–H groups in total. The monoisotopic (exact) mass is 311 g/mol. The molecule has 0 bridgehead atoms. The fourth-order valence-corrected chi connectivity index (χ4v) is 4.15. The number of nitrogen functional groups attached to an aromatic ring is 1. The van der Waals surface area contributed by atoms with Crippen LogP contribution < -0.4 is 5.73 Å². The minimum Gasteiger partial charge on any atom is -0.375 e. The summed E-state index contributed by atoms with van der Waals surface area (Å²) in [6, 6.07) is 0. The molecule has 1 aromatic heterocycles. The fourth-order valence-electron chi connectivity index (χ4n) is 1.99. The van der Waals surface area contributed by atoms with Gasteiger partial charge in [0.1, 0.15) is 0 Å². The standard InChI is InChI=1S/C10H17N3O2S2.ClH/c1-10(2)7-13(3-4-17(10,14)15)6-8-5-12-9(11)16-8;/h5H,3-4,6-7H2,1-2H3,(H2,11,12);1H. The molecule has 0 amide bonds. The van der Waals surface area contributed by atoms with Crippen molar-refractivity contribution in [2.75, 3.05) is 24.6 Å². The van der Waals surface area contributed by atoms with E-state index >= 15 is 0 Å². The molecule has 0 aromatic carbocycles. The molecule has 2 heterocycles. The molecule has 2 rings (SSSR count). The molecule has 0 unspecified atom stereocenters. The highest BCUT2D eigenvalue weighted by atomic mass is 35.5. The second-order valence-corrected chi connectivity index (χ2v) is 8.84. The average Bonchev–Trinajstić information content (AvgIpc) is 2.58. The molecule has 0 spiro atoms. The van der Waals surface area contributed by atoms with Crippen LogP contribution in [0.1, 0.15) is 18.7 Å². The van der Waals surface area contributed by atoms with Crippen molar-refractivity contribution in [2.24, 2.45) is 0 Å². The van der Waals surface area contributed by atoms with Crippen LogP contribution in [-0.4, -0.2) is 41.9 Å². The van der Waals surface area contributed by atoms with Crippen molar-refractivity contribution in [2.45, 2.75) is 25.1 Å². The van der Waals surface area contributed by atoms with Crippen LogP contribution in [0.5, 0.6) is 0 Å². The Morgan fingerprint density at radius 2 is 2.22 bits per heavy atom. The first-order valence-corrected chi connectivity index (χ1v) is 7.92. The van der Waals surface area contributed by atoms with Crippen molar-refractivity contribution in [3.05, 3.63) is 11.1 Å². The summed E-state index contributed by atoms with van der Waals surface area (Å²) in [5.41, 5.74) is 5.57. The molecular formula is C10H18ClN3O2S2. The first-order chi connectivity index (χ1) is 7.80. The van der Waals surface area contributed by atoms with Gasteiger partial charge in [-0.05, 0) is 13.8 Å².